The van der Waals surface area contributed by atoms with Crippen LogP contribution in [0.15, 0.2) is 79.3 Å². The predicted octanol–water partition coefficient (Wildman–Crippen LogP) is 4.09. The lowest BCUT2D eigenvalue weighted by molar-refractivity contribution is 0.650. The fraction of sp³-hybridized carbons (Fsp3) is 0.0476. The number of benzene rings is 2. The molecule has 0 N–H and O–H groups in total. The Hall–Kier alpha value is -3.60. The molecule has 5 aromatic rings. The highest BCUT2D eigenvalue weighted by Gasteiger charge is 2.12. The molecule has 2 aromatic carbocycles. The van der Waals surface area contributed by atoms with Crippen LogP contribution >= 0.6 is 0 Å². The molecule has 0 spiro atoms. The maximum absolute atomic E-state index is 4.55. The van der Waals surface area contributed by atoms with Crippen molar-refractivity contribution in [3.63, 3.8) is 0 Å². The third-order valence-electron chi connectivity index (χ3n) is 4.46. The van der Waals surface area contributed by atoms with Gasteiger partial charge in [0.1, 0.15) is 5.69 Å². The van der Waals surface area contributed by atoms with Gasteiger partial charge in [0.2, 0.25) is 0 Å². The molecule has 5 rings (SSSR count). The molecule has 0 aliphatic heterocycles. The third kappa shape index (κ3) is 2.50. The second kappa shape index (κ2) is 6.04. The highest BCUT2D eigenvalue weighted by atomic mass is 15.4. The van der Waals surface area contributed by atoms with E-state index in [0.29, 0.717) is 6.54 Å². The maximum Gasteiger partial charge on any atom is 0.113 e. The lowest BCUT2D eigenvalue weighted by Crippen LogP contribution is -1.99. The first kappa shape index (κ1) is 14.7. The van der Waals surface area contributed by atoms with Gasteiger partial charge in [-0.05, 0) is 23.8 Å². The molecule has 3 aromatic heterocycles. The van der Waals surface area contributed by atoms with E-state index in [1.54, 1.807) is 12.4 Å². The van der Waals surface area contributed by atoms with Crippen LogP contribution in [-0.2, 0) is 6.54 Å². The zero-order chi connectivity index (χ0) is 17.3. The van der Waals surface area contributed by atoms with Crippen LogP contribution in [0.5, 0.6) is 0 Å². The lowest BCUT2D eigenvalue weighted by Gasteiger charge is -2.06. The third-order valence-corrected chi connectivity index (χ3v) is 4.46. The summed E-state index contributed by atoms with van der Waals surface area (Å²) in [7, 11) is 0. The lowest BCUT2D eigenvalue weighted by atomic mass is 10.0. The van der Waals surface area contributed by atoms with Gasteiger partial charge in [-0.15, -0.1) is 5.10 Å². The van der Waals surface area contributed by atoms with Crippen molar-refractivity contribution in [2.45, 2.75) is 6.54 Å². The van der Waals surface area contributed by atoms with Crippen LogP contribution in [0.25, 0.3) is 33.1 Å². The van der Waals surface area contributed by atoms with E-state index in [2.05, 4.69) is 44.5 Å². The minimum atomic E-state index is 0.694. The highest BCUT2D eigenvalue weighted by Crippen LogP contribution is 2.31. The average molecular weight is 337 g/mol. The molecule has 0 saturated heterocycles. The Balaban J connectivity index is 1.65. The second-order valence-corrected chi connectivity index (χ2v) is 6.19. The van der Waals surface area contributed by atoms with Crippen molar-refractivity contribution in [1.82, 2.24) is 25.0 Å². The van der Waals surface area contributed by atoms with Crippen LogP contribution in [-0.4, -0.2) is 25.0 Å². The van der Waals surface area contributed by atoms with Gasteiger partial charge >= 0.3 is 0 Å². The maximum atomic E-state index is 4.55. The number of nitrogens with zero attached hydrogens (tertiary/aromatic N) is 5. The van der Waals surface area contributed by atoms with E-state index in [9.17, 15) is 0 Å². The SMILES string of the molecule is c1ccc(Cn2cc(-c3cc4cccnc4c4ncccc34)nn2)cc1. The predicted molar refractivity (Wildman–Crippen MR) is 102 cm³/mol. The number of rotatable bonds is 3. The van der Waals surface area contributed by atoms with E-state index in [1.807, 2.05) is 47.3 Å². The molecular weight excluding hydrogens is 322 g/mol. The summed E-state index contributed by atoms with van der Waals surface area (Å²) in [5.41, 5.74) is 4.84. The fourth-order valence-electron chi connectivity index (χ4n) is 3.26. The topological polar surface area (TPSA) is 56.5 Å². The molecule has 0 bridgehead atoms. The van der Waals surface area contributed by atoms with Gasteiger partial charge < -0.3 is 0 Å². The van der Waals surface area contributed by atoms with Gasteiger partial charge in [-0.2, -0.15) is 0 Å². The van der Waals surface area contributed by atoms with E-state index in [4.69, 9.17) is 0 Å². The molecule has 124 valence electrons. The molecule has 0 fully saturated rings. The van der Waals surface area contributed by atoms with Crippen molar-refractivity contribution in [2.24, 2.45) is 0 Å². The van der Waals surface area contributed by atoms with Crippen LogP contribution in [0, 0.1) is 0 Å². The summed E-state index contributed by atoms with van der Waals surface area (Å²) in [6, 6.07) is 20.3. The molecule has 0 atom stereocenters. The van der Waals surface area contributed by atoms with E-state index < -0.39 is 0 Å². The van der Waals surface area contributed by atoms with Crippen LogP contribution in [0.3, 0.4) is 0 Å². The van der Waals surface area contributed by atoms with Gasteiger partial charge in [0, 0.05) is 28.7 Å². The number of hydrogen-bond donors (Lipinski definition) is 0. The molecule has 0 saturated carbocycles. The van der Waals surface area contributed by atoms with Gasteiger partial charge in [-0.25, -0.2) is 4.68 Å². The summed E-state index contributed by atoms with van der Waals surface area (Å²) in [6.07, 6.45) is 5.58. The quantitative estimate of drug-likeness (QED) is 0.465. The first-order valence-corrected chi connectivity index (χ1v) is 8.45. The van der Waals surface area contributed by atoms with Gasteiger partial charge in [0.05, 0.1) is 23.8 Å². The van der Waals surface area contributed by atoms with Crippen molar-refractivity contribution < 1.29 is 0 Å². The first-order valence-electron chi connectivity index (χ1n) is 8.45. The second-order valence-electron chi connectivity index (χ2n) is 6.19. The van der Waals surface area contributed by atoms with E-state index in [0.717, 1.165) is 33.1 Å². The first-order chi connectivity index (χ1) is 12.9. The Bertz CT molecular complexity index is 1210. The Kier molecular flexibility index (Phi) is 3.42. The van der Waals surface area contributed by atoms with Gasteiger partial charge in [-0.3, -0.25) is 9.97 Å². The van der Waals surface area contributed by atoms with E-state index in [1.165, 1.54) is 5.56 Å². The molecule has 5 nitrogen and oxygen atoms in total. The molecule has 0 aliphatic rings. The summed E-state index contributed by atoms with van der Waals surface area (Å²) in [5.74, 6) is 0. The zero-order valence-electron chi connectivity index (χ0n) is 13.9. The minimum absolute atomic E-state index is 0.694. The Morgan fingerprint density at radius 2 is 1.62 bits per heavy atom. The molecule has 26 heavy (non-hydrogen) atoms. The van der Waals surface area contributed by atoms with Gasteiger partial charge in [0.15, 0.2) is 0 Å². The monoisotopic (exact) mass is 337 g/mol. The van der Waals surface area contributed by atoms with Gasteiger partial charge in [-0.1, -0.05) is 47.7 Å². The standard InChI is InChI=1S/C21H15N5/c1-2-6-15(7-3-1)13-26-14-19(24-25-26)18-12-16-8-4-10-22-20(16)21-17(18)9-5-11-23-21/h1-12,14H,13H2. The normalized spacial score (nSPS) is 11.2. The summed E-state index contributed by atoms with van der Waals surface area (Å²) >= 11 is 0. The molecular formula is C21H15N5. The summed E-state index contributed by atoms with van der Waals surface area (Å²) in [6.45, 7) is 0.694. The van der Waals surface area contributed by atoms with Crippen molar-refractivity contribution in [1.29, 1.82) is 0 Å². The summed E-state index contributed by atoms with van der Waals surface area (Å²) < 4.78 is 1.86. The highest BCUT2D eigenvalue weighted by molar-refractivity contribution is 6.09. The number of pyridine rings is 2. The van der Waals surface area contributed by atoms with Gasteiger partial charge in [0.25, 0.3) is 0 Å². The Labute approximate surface area is 150 Å². The Morgan fingerprint density at radius 3 is 2.50 bits per heavy atom. The largest absolute Gasteiger partial charge is 0.254 e. The molecule has 3 heterocycles. The molecule has 0 unspecified atom stereocenters. The van der Waals surface area contributed by atoms with Crippen molar-refractivity contribution in [2.75, 3.05) is 0 Å². The van der Waals surface area contributed by atoms with Crippen LogP contribution in [0.4, 0.5) is 0 Å². The Morgan fingerprint density at radius 1 is 0.808 bits per heavy atom. The fourth-order valence-corrected chi connectivity index (χ4v) is 3.26. The molecule has 0 radical (unpaired) electrons. The van der Waals surface area contributed by atoms with E-state index >= 15 is 0 Å². The van der Waals surface area contributed by atoms with Crippen LogP contribution < -0.4 is 0 Å². The number of hydrogen-bond acceptors (Lipinski definition) is 4. The van der Waals surface area contributed by atoms with E-state index in [-0.39, 0.29) is 0 Å². The molecule has 0 aliphatic carbocycles. The van der Waals surface area contributed by atoms with Crippen molar-refractivity contribution in [3.8, 4) is 11.3 Å². The zero-order valence-corrected chi connectivity index (χ0v) is 13.9. The molecule has 5 heteroatoms. The van der Waals surface area contributed by atoms with Crippen molar-refractivity contribution >= 4 is 21.8 Å². The number of aromatic nitrogens is 5. The van der Waals surface area contributed by atoms with Crippen molar-refractivity contribution in [3.05, 3.63) is 84.8 Å². The minimum Gasteiger partial charge on any atom is -0.254 e. The smallest absolute Gasteiger partial charge is 0.113 e. The molecule has 0 amide bonds. The summed E-state index contributed by atoms with van der Waals surface area (Å²) in [5, 5.41) is 10.8. The van der Waals surface area contributed by atoms with Crippen LogP contribution in [0.1, 0.15) is 5.56 Å². The van der Waals surface area contributed by atoms with Crippen LogP contribution in [0.2, 0.25) is 0 Å². The average Bonchev–Trinajstić information content (AvgIpc) is 3.16. The number of fused-ring (bicyclic) bond motifs is 3. The summed E-state index contributed by atoms with van der Waals surface area (Å²) in [4.78, 5) is 9.05.